The smallest absolute Gasteiger partial charge is 0.237 e. The number of ether oxygens (including phenoxy) is 3. The molecule has 2 rings (SSSR count). The summed E-state index contributed by atoms with van der Waals surface area (Å²) in [4.78, 5) is 14.5. The molecule has 0 fully saturated rings. The first-order valence-corrected chi connectivity index (χ1v) is 8.80. The molecule has 0 saturated heterocycles. The second kappa shape index (κ2) is 9.83. The highest BCUT2D eigenvalue weighted by molar-refractivity contribution is 5.81. The average molecular weight is 372 g/mol. The van der Waals surface area contributed by atoms with Crippen LogP contribution in [0.2, 0.25) is 0 Å². The van der Waals surface area contributed by atoms with E-state index in [0.717, 1.165) is 28.4 Å². The molecule has 0 spiro atoms. The molecule has 0 bridgehead atoms. The van der Waals surface area contributed by atoms with E-state index >= 15 is 0 Å². The monoisotopic (exact) mass is 372 g/mol. The highest BCUT2D eigenvalue weighted by Crippen LogP contribution is 2.25. The fourth-order valence-electron chi connectivity index (χ4n) is 2.67. The Morgan fingerprint density at radius 2 is 1.63 bits per heavy atom. The largest absolute Gasteiger partial charge is 0.497 e. The van der Waals surface area contributed by atoms with Gasteiger partial charge in [-0.1, -0.05) is 18.2 Å². The number of hydrogen-bond donors (Lipinski definition) is 1. The Balaban J connectivity index is 1.93. The van der Waals surface area contributed by atoms with Crippen LogP contribution in [0.5, 0.6) is 17.2 Å². The van der Waals surface area contributed by atoms with Crippen LogP contribution in [0.4, 0.5) is 0 Å². The van der Waals surface area contributed by atoms with E-state index in [4.69, 9.17) is 14.2 Å². The molecule has 0 saturated carbocycles. The minimum atomic E-state index is -0.282. The number of likely N-dealkylation sites (N-methyl/N-ethyl adjacent to an activating group) is 1. The Morgan fingerprint density at radius 3 is 2.22 bits per heavy atom. The van der Waals surface area contributed by atoms with Crippen molar-refractivity contribution in [2.45, 2.75) is 26.1 Å². The van der Waals surface area contributed by atoms with E-state index < -0.39 is 0 Å². The summed E-state index contributed by atoms with van der Waals surface area (Å²) >= 11 is 0. The van der Waals surface area contributed by atoms with Crippen molar-refractivity contribution in [2.75, 3.05) is 28.4 Å². The van der Waals surface area contributed by atoms with Crippen molar-refractivity contribution in [3.8, 4) is 17.2 Å². The van der Waals surface area contributed by atoms with E-state index in [2.05, 4.69) is 5.32 Å². The maximum absolute atomic E-state index is 12.5. The van der Waals surface area contributed by atoms with E-state index in [-0.39, 0.29) is 11.9 Å². The highest BCUT2D eigenvalue weighted by Gasteiger charge is 2.19. The third-order valence-corrected chi connectivity index (χ3v) is 4.58. The summed E-state index contributed by atoms with van der Waals surface area (Å²) in [7, 11) is 6.80. The number of carbonyl (C=O) groups excluding carboxylic acids is 1. The molecule has 0 heterocycles. The summed E-state index contributed by atoms with van der Waals surface area (Å²) in [6.07, 6.45) is 0. The molecule has 0 aliphatic carbocycles. The average Bonchev–Trinajstić information content (AvgIpc) is 2.71. The molecule has 146 valence electrons. The van der Waals surface area contributed by atoms with Crippen LogP contribution in [-0.4, -0.2) is 45.2 Å². The molecule has 1 N–H and O–H groups in total. The van der Waals surface area contributed by atoms with E-state index in [1.165, 1.54) is 0 Å². The number of nitrogens with one attached hydrogen (secondary N) is 1. The quantitative estimate of drug-likeness (QED) is 0.733. The maximum atomic E-state index is 12.5. The molecule has 1 atom stereocenters. The zero-order valence-corrected chi connectivity index (χ0v) is 16.6. The van der Waals surface area contributed by atoms with Crippen molar-refractivity contribution in [1.29, 1.82) is 0 Å². The van der Waals surface area contributed by atoms with Gasteiger partial charge in [0.15, 0.2) is 0 Å². The van der Waals surface area contributed by atoms with Crippen LogP contribution in [0.25, 0.3) is 0 Å². The lowest BCUT2D eigenvalue weighted by molar-refractivity contribution is -0.125. The van der Waals surface area contributed by atoms with Gasteiger partial charge in [0.2, 0.25) is 5.91 Å². The van der Waals surface area contributed by atoms with E-state index in [1.54, 1.807) is 21.3 Å². The highest BCUT2D eigenvalue weighted by atomic mass is 16.5. The lowest BCUT2D eigenvalue weighted by Crippen LogP contribution is -2.42. The molecule has 6 heteroatoms. The number of benzene rings is 2. The van der Waals surface area contributed by atoms with Crippen LogP contribution in [0, 0.1) is 0 Å². The first kappa shape index (κ1) is 20.6. The molecule has 2 aromatic rings. The van der Waals surface area contributed by atoms with Gasteiger partial charge in [-0.2, -0.15) is 0 Å². The Hall–Kier alpha value is -2.73. The van der Waals surface area contributed by atoms with Gasteiger partial charge >= 0.3 is 0 Å². The van der Waals surface area contributed by atoms with Gasteiger partial charge in [0.1, 0.15) is 17.2 Å². The summed E-state index contributed by atoms with van der Waals surface area (Å²) < 4.78 is 15.8. The van der Waals surface area contributed by atoms with E-state index in [1.807, 2.05) is 61.3 Å². The van der Waals surface area contributed by atoms with Crippen LogP contribution in [0.1, 0.15) is 18.1 Å². The summed E-state index contributed by atoms with van der Waals surface area (Å²) in [5.74, 6) is 2.25. The van der Waals surface area contributed by atoms with Gasteiger partial charge in [0.25, 0.3) is 0 Å². The fraction of sp³-hybridized carbons (Fsp3) is 0.381. The Morgan fingerprint density at radius 1 is 1.00 bits per heavy atom. The lowest BCUT2D eigenvalue weighted by atomic mass is 10.1. The van der Waals surface area contributed by atoms with Crippen molar-refractivity contribution in [3.05, 3.63) is 53.6 Å². The van der Waals surface area contributed by atoms with Crippen molar-refractivity contribution in [1.82, 2.24) is 10.2 Å². The number of carbonyl (C=O) groups is 1. The van der Waals surface area contributed by atoms with Crippen molar-refractivity contribution < 1.29 is 19.0 Å². The van der Waals surface area contributed by atoms with E-state index in [0.29, 0.717) is 13.1 Å². The molecule has 27 heavy (non-hydrogen) atoms. The molecule has 6 nitrogen and oxygen atoms in total. The Labute approximate surface area is 161 Å². The normalized spacial score (nSPS) is 11.8. The number of amides is 1. The van der Waals surface area contributed by atoms with Gasteiger partial charge in [0, 0.05) is 24.7 Å². The SMILES string of the molecule is COc1ccc(CNC(=O)[C@H](C)N(C)Cc2ccc(OC)cc2OC)cc1. The Kier molecular flexibility index (Phi) is 7.49. The molecule has 0 unspecified atom stereocenters. The molecule has 0 aliphatic rings. The minimum absolute atomic E-state index is 0.0270. The first-order chi connectivity index (χ1) is 13.0. The molecule has 2 aromatic carbocycles. The molecule has 1 amide bonds. The van der Waals surface area contributed by atoms with Crippen LogP contribution in [0.3, 0.4) is 0 Å². The number of hydrogen-bond acceptors (Lipinski definition) is 5. The predicted octanol–water partition coefficient (Wildman–Crippen LogP) is 2.85. The van der Waals surface area contributed by atoms with Crippen molar-refractivity contribution >= 4 is 5.91 Å². The molecular weight excluding hydrogens is 344 g/mol. The second-order valence-corrected chi connectivity index (χ2v) is 6.33. The summed E-state index contributed by atoms with van der Waals surface area (Å²) in [5.41, 5.74) is 2.02. The zero-order chi connectivity index (χ0) is 19.8. The minimum Gasteiger partial charge on any atom is -0.497 e. The number of methoxy groups -OCH3 is 3. The van der Waals surface area contributed by atoms with Crippen LogP contribution in [0.15, 0.2) is 42.5 Å². The predicted molar refractivity (Wildman–Crippen MR) is 105 cm³/mol. The number of nitrogens with zero attached hydrogens (tertiary/aromatic N) is 1. The van der Waals surface area contributed by atoms with Crippen LogP contribution in [-0.2, 0) is 17.9 Å². The molecule has 0 aliphatic heterocycles. The van der Waals surface area contributed by atoms with Gasteiger partial charge in [-0.3, -0.25) is 9.69 Å². The van der Waals surface area contributed by atoms with Crippen molar-refractivity contribution in [3.63, 3.8) is 0 Å². The van der Waals surface area contributed by atoms with Crippen LogP contribution >= 0.6 is 0 Å². The topological polar surface area (TPSA) is 60.0 Å². The van der Waals surface area contributed by atoms with Gasteiger partial charge in [-0.05, 0) is 37.7 Å². The van der Waals surface area contributed by atoms with Gasteiger partial charge in [-0.25, -0.2) is 0 Å². The van der Waals surface area contributed by atoms with Crippen LogP contribution < -0.4 is 19.5 Å². The van der Waals surface area contributed by atoms with Gasteiger partial charge in [-0.15, -0.1) is 0 Å². The molecular formula is C21H28N2O4. The van der Waals surface area contributed by atoms with Gasteiger partial charge < -0.3 is 19.5 Å². The summed E-state index contributed by atoms with van der Waals surface area (Å²) in [6.45, 7) is 2.95. The standard InChI is InChI=1S/C21H28N2O4/c1-15(21(24)22-13-16-6-9-18(25-3)10-7-16)23(2)14-17-8-11-19(26-4)12-20(17)27-5/h6-12,15H,13-14H2,1-5H3,(H,22,24)/t15-/m0/s1. The third-order valence-electron chi connectivity index (χ3n) is 4.58. The van der Waals surface area contributed by atoms with E-state index in [9.17, 15) is 4.79 Å². The summed E-state index contributed by atoms with van der Waals surface area (Å²) in [5, 5.41) is 2.98. The summed E-state index contributed by atoms with van der Waals surface area (Å²) in [6, 6.07) is 13.1. The third kappa shape index (κ3) is 5.62. The number of rotatable bonds is 9. The van der Waals surface area contributed by atoms with Crippen molar-refractivity contribution in [2.24, 2.45) is 0 Å². The van der Waals surface area contributed by atoms with Gasteiger partial charge in [0.05, 0.1) is 27.4 Å². The maximum Gasteiger partial charge on any atom is 0.237 e. The fourth-order valence-corrected chi connectivity index (χ4v) is 2.67. The molecule has 0 radical (unpaired) electrons. The Bertz CT molecular complexity index is 746. The first-order valence-electron chi connectivity index (χ1n) is 8.80. The second-order valence-electron chi connectivity index (χ2n) is 6.33. The molecule has 0 aromatic heterocycles. The lowest BCUT2D eigenvalue weighted by Gasteiger charge is -2.25. The zero-order valence-electron chi connectivity index (χ0n) is 16.6.